The summed E-state index contributed by atoms with van der Waals surface area (Å²) in [6.45, 7) is -0.0953. The zero-order valence-electron chi connectivity index (χ0n) is 32.0. The Kier molecular flexibility index (Phi) is 10.1. The van der Waals surface area contributed by atoms with E-state index in [4.69, 9.17) is 23.5 Å². The minimum absolute atomic E-state index is 0.0177. The lowest BCUT2D eigenvalue weighted by Crippen LogP contribution is -2.57. The van der Waals surface area contributed by atoms with Crippen molar-refractivity contribution in [2.45, 2.75) is 87.1 Å². The molecule has 0 bridgehead atoms. The summed E-state index contributed by atoms with van der Waals surface area (Å²) in [4.78, 5) is 67.4. The van der Waals surface area contributed by atoms with Crippen LogP contribution < -0.4 is 14.8 Å². The first-order valence-electron chi connectivity index (χ1n) is 20.0. The summed E-state index contributed by atoms with van der Waals surface area (Å²) in [5.41, 5.74) is -0.0897. The maximum atomic E-state index is 14.7. The second-order valence-corrected chi connectivity index (χ2v) is 17.9. The van der Waals surface area contributed by atoms with E-state index in [1.807, 2.05) is 42.5 Å². The van der Waals surface area contributed by atoms with Crippen LogP contribution >= 0.6 is 0 Å². The van der Waals surface area contributed by atoms with Crippen molar-refractivity contribution in [3.63, 3.8) is 0 Å². The van der Waals surface area contributed by atoms with Crippen molar-refractivity contribution in [1.82, 2.24) is 24.9 Å². The van der Waals surface area contributed by atoms with Gasteiger partial charge >= 0.3 is 0 Å². The predicted octanol–water partition coefficient (Wildman–Crippen LogP) is 6.02. The van der Waals surface area contributed by atoms with Gasteiger partial charge < -0.3 is 23.8 Å². The fourth-order valence-electron chi connectivity index (χ4n) is 8.29. The van der Waals surface area contributed by atoms with Gasteiger partial charge in [0.15, 0.2) is 17.4 Å². The lowest BCUT2D eigenvalue weighted by atomic mass is 9.92. The SMILES string of the molecule is O=C(C[C@H]1CCCCC/C=C\[C@@H]2C[C@@]2(C(=O)NS(=O)(=O)C2CC2)NC(=O)[C@@H]2C[C@@H](Oc3nc(-c4ccccc4)nc4c3oc3ccc(F)cc34)CN2C1=O)c1ccco1. The molecule has 3 fully saturated rings. The Morgan fingerprint density at radius 1 is 1.02 bits per heavy atom. The number of allylic oxidation sites excluding steroid dienone is 1. The molecule has 2 saturated carbocycles. The number of carbonyl (C=O) groups is 4. The smallest absolute Gasteiger partial charge is 0.262 e. The van der Waals surface area contributed by atoms with E-state index in [0.29, 0.717) is 54.2 Å². The molecule has 16 heteroatoms. The summed E-state index contributed by atoms with van der Waals surface area (Å²) >= 11 is 0. The Balaban J connectivity index is 1.07. The summed E-state index contributed by atoms with van der Waals surface area (Å²) < 4.78 is 60.6. The zero-order valence-corrected chi connectivity index (χ0v) is 32.8. The number of halogens is 1. The molecule has 14 nitrogen and oxygen atoms in total. The van der Waals surface area contributed by atoms with E-state index < -0.39 is 68.3 Å². The van der Waals surface area contributed by atoms with E-state index in [2.05, 4.69) is 10.0 Å². The number of fused-ring (bicyclic) bond motifs is 5. The third-order valence-electron chi connectivity index (χ3n) is 11.7. The van der Waals surface area contributed by atoms with Crippen LogP contribution in [0.4, 0.5) is 4.39 Å². The summed E-state index contributed by atoms with van der Waals surface area (Å²) in [6, 6.07) is 15.2. The molecular formula is C43H42FN5O9S. The third-order valence-corrected chi connectivity index (χ3v) is 13.6. The molecule has 5 heterocycles. The van der Waals surface area contributed by atoms with Gasteiger partial charge in [-0.3, -0.25) is 23.9 Å². The first-order chi connectivity index (χ1) is 28.5. The van der Waals surface area contributed by atoms with Crippen LogP contribution in [0.3, 0.4) is 0 Å². The van der Waals surface area contributed by atoms with Crippen LogP contribution in [-0.4, -0.2) is 76.3 Å². The van der Waals surface area contributed by atoms with Crippen molar-refractivity contribution in [3.05, 3.63) is 90.7 Å². The number of benzene rings is 2. The van der Waals surface area contributed by atoms with Crippen molar-refractivity contribution in [2.24, 2.45) is 11.8 Å². The molecule has 0 radical (unpaired) electrons. The molecule has 2 aliphatic heterocycles. The van der Waals surface area contributed by atoms with Crippen LogP contribution in [0, 0.1) is 17.7 Å². The molecule has 5 aromatic rings. The lowest BCUT2D eigenvalue weighted by Gasteiger charge is -2.29. The second-order valence-electron chi connectivity index (χ2n) is 15.9. The van der Waals surface area contributed by atoms with Crippen LogP contribution in [0.25, 0.3) is 33.5 Å². The lowest BCUT2D eigenvalue weighted by molar-refractivity contribution is -0.142. The number of hydrogen-bond acceptors (Lipinski definition) is 11. The first kappa shape index (κ1) is 38.6. The predicted molar refractivity (Wildman–Crippen MR) is 212 cm³/mol. The largest absolute Gasteiger partial charge is 0.470 e. The zero-order chi connectivity index (χ0) is 40.9. The van der Waals surface area contributed by atoms with E-state index in [9.17, 15) is 32.0 Å². The molecule has 2 aromatic carbocycles. The van der Waals surface area contributed by atoms with Crippen molar-refractivity contribution in [1.29, 1.82) is 0 Å². The fourth-order valence-corrected chi connectivity index (χ4v) is 9.65. The Morgan fingerprint density at radius 3 is 2.63 bits per heavy atom. The molecule has 4 aliphatic rings. The number of rotatable bonds is 9. The summed E-state index contributed by atoms with van der Waals surface area (Å²) in [5.74, 6) is -3.62. The minimum atomic E-state index is -3.93. The van der Waals surface area contributed by atoms with Gasteiger partial charge in [-0.05, 0) is 68.9 Å². The van der Waals surface area contributed by atoms with Crippen molar-refractivity contribution >= 4 is 55.6 Å². The molecule has 3 amide bonds. The van der Waals surface area contributed by atoms with Gasteiger partial charge in [0, 0.05) is 35.6 Å². The molecule has 0 spiro atoms. The maximum absolute atomic E-state index is 14.7. The number of aromatic nitrogens is 2. The number of nitrogens with zero attached hydrogens (tertiary/aromatic N) is 3. The van der Waals surface area contributed by atoms with Gasteiger partial charge in [-0.1, -0.05) is 55.3 Å². The number of carbonyl (C=O) groups excluding carboxylic acids is 4. The number of furan rings is 2. The molecule has 306 valence electrons. The van der Waals surface area contributed by atoms with Crippen molar-refractivity contribution in [2.75, 3.05) is 6.54 Å². The number of Topliss-reactive ketones (excluding diaryl/α,β-unsaturated/α-hetero) is 1. The average molecular weight is 824 g/mol. The van der Waals surface area contributed by atoms with E-state index in [0.717, 1.165) is 12.8 Å². The number of hydrogen-bond donors (Lipinski definition) is 2. The van der Waals surface area contributed by atoms with Crippen LogP contribution in [0.5, 0.6) is 5.88 Å². The second kappa shape index (κ2) is 15.4. The van der Waals surface area contributed by atoms with E-state index in [-0.39, 0.29) is 54.6 Å². The molecular weight excluding hydrogens is 782 g/mol. The van der Waals surface area contributed by atoms with Crippen LogP contribution in [0.2, 0.25) is 0 Å². The normalized spacial score (nSPS) is 25.7. The highest BCUT2D eigenvalue weighted by Gasteiger charge is 2.62. The van der Waals surface area contributed by atoms with Crippen LogP contribution in [0.1, 0.15) is 74.8 Å². The number of amides is 3. The van der Waals surface area contributed by atoms with Gasteiger partial charge in [0.1, 0.15) is 34.6 Å². The molecule has 2 aliphatic carbocycles. The Bertz CT molecular complexity index is 2590. The van der Waals surface area contributed by atoms with Gasteiger partial charge in [-0.15, -0.1) is 0 Å². The summed E-state index contributed by atoms with van der Waals surface area (Å²) in [6.07, 6.45) is 8.45. The highest BCUT2D eigenvalue weighted by atomic mass is 32.2. The van der Waals surface area contributed by atoms with Crippen LogP contribution in [-0.2, 0) is 24.4 Å². The highest BCUT2D eigenvalue weighted by molar-refractivity contribution is 7.91. The summed E-state index contributed by atoms with van der Waals surface area (Å²) in [5, 5.41) is 2.63. The van der Waals surface area contributed by atoms with E-state index >= 15 is 0 Å². The van der Waals surface area contributed by atoms with Crippen molar-refractivity contribution in [3.8, 4) is 17.3 Å². The highest BCUT2D eigenvalue weighted by Crippen LogP contribution is 2.46. The standard InChI is InChI=1S/C43H42FN5O9S/c44-28-15-18-34-31(21-28)36-37(58-34)40(46-38(45-36)25-10-6-4-7-11-25)57-29-22-32-39(51)47-43(42(53)48-59(54,55)30-16-17-30)23-27(43)13-8-3-1-2-5-12-26(41(52)49(32)24-29)20-33(50)35-14-9-19-56-35/h4,6-11,13-15,18-19,21,26-27,29-30,32H,1-3,5,12,16-17,20,22-24H2,(H,47,51)(H,48,53)/b13-8-/t26-,27-,29-,32+,43-/m1/s1. The molecule has 9 rings (SSSR count). The molecule has 59 heavy (non-hydrogen) atoms. The molecule has 2 N–H and O–H groups in total. The topological polar surface area (TPSA) is 191 Å². The number of ketones is 1. The minimum Gasteiger partial charge on any atom is -0.470 e. The van der Waals surface area contributed by atoms with Gasteiger partial charge in [-0.25, -0.2) is 17.8 Å². The fraction of sp³-hybridized carbons (Fsp3) is 0.395. The Labute approximate surface area is 338 Å². The van der Waals surface area contributed by atoms with Gasteiger partial charge in [0.25, 0.3) is 11.8 Å². The van der Waals surface area contributed by atoms with Crippen LogP contribution in [0.15, 0.2) is 87.9 Å². The van der Waals surface area contributed by atoms with E-state index in [1.165, 1.54) is 29.4 Å². The molecule has 1 saturated heterocycles. The quantitative estimate of drug-likeness (QED) is 0.131. The Morgan fingerprint density at radius 2 is 1.85 bits per heavy atom. The Hall–Kier alpha value is -5.90. The monoisotopic (exact) mass is 823 g/mol. The average Bonchev–Trinajstić information content (AvgIpc) is 4.02. The maximum Gasteiger partial charge on any atom is 0.262 e. The first-order valence-corrected chi connectivity index (χ1v) is 21.6. The number of ether oxygens (including phenoxy) is 1. The summed E-state index contributed by atoms with van der Waals surface area (Å²) in [7, 11) is -3.93. The van der Waals surface area contributed by atoms with Crippen molar-refractivity contribution < 1.29 is 45.6 Å². The van der Waals surface area contributed by atoms with Gasteiger partial charge in [-0.2, -0.15) is 4.98 Å². The molecule has 5 atom stereocenters. The van der Waals surface area contributed by atoms with E-state index in [1.54, 1.807) is 12.1 Å². The number of sulfonamides is 1. The van der Waals surface area contributed by atoms with Gasteiger partial charge in [0.2, 0.25) is 27.4 Å². The van der Waals surface area contributed by atoms with Gasteiger partial charge in [0.05, 0.1) is 18.1 Å². The molecule has 3 aromatic heterocycles. The third kappa shape index (κ3) is 7.73. The molecule has 0 unspecified atom stereocenters. The number of nitrogens with one attached hydrogen (secondary N) is 2.